The Bertz CT molecular complexity index is 1230. The largest absolute Gasteiger partial charge is 0.497 e. The molecule has 0 bridgehead atoms. The first-order valence-corrected chi connectivity index (χ1v) is 10.9. The minimum atomic E-state index is -3.73. The number of nitrogens with two attached hydrogens (primary N) is 1. The molecular formula is C22H21N3O4S. The van der Waals surface area contributed by atoms with E-state index in [4.69, 9.17) is 19.7 Å². The number of hydrogen-bond donors (Lipinski definition) is 1. The molecule has 0 fully saturated rings. The van der Waals surface area contributed by atoms with Crippen LogP contribution in [-0.4, -0.2) is 31.4 Å². The van der Waals surface area contributed by atoms with Gasteiger partial charge in [-0.3, -0.25) is 0 Å². The van der Waals surface area contributed by atoms with E-state index in [1.165, 1.54) is 12.1 Å². The summed E-state index contributed by atoms with van der Waals surface area (Å²) in [5.74, 6) is 6.93. The SMILES string of the molecule is COc1ccc(-n2nc(C#Cc3ccc(S(N)(=O)=O)cc3)c3c2C[C@H](C)OC3)cc1. The Hall–Kier alpha value is -3.12. The summed E-state index contributed by atoms with van der Waals surface area (Å²) in [7, 11) is -2.09. The van der Waals surface area contributed by atoms with Gasteiger partial charge in [-0.25, -0.2) is 18.2 Å². The van der Waals surface area contributed by atoms with Crippen LogP contribution in [0.25, 0.3) is 5.69 Å². The highest BCUT2D eigenvalue weighted by Crippen LogP contribution is 2.27. The molecule has 3 aromatic rings. The second-order valence-electron chi connectivity index (χ2n) is 7.03. The minimum Gasteiger partial charge on any atom is -0.497 e. The highest BCUT2D eigenvalue weighted by molar-refractivity contribution is 7.89. The molecule has 4 rings (SSSR count). The molecule has 2 heterocycles. The summed E-state index contributed by atoms with van der Waals surface area (Å²) in [5.41, 5.74) is 4.28. The summed E-state index contributed by atoms with van der Waals surface area (Å²) in [5, 5.41) is 9.87. The number of hydrogen-bond acceptors (Lipinski definition) is 5. The molecule has 8 heteroatoms. The highest BCUT2D eigenvalue weighted by Gasteiger charge is 2.25. The first-order valence-electron chi connectivity index (χ1n) is 9.37. The van der Waals surface area contributed by atoms with Gasteiger partial charge >= 0.3 is 0 Å². The topological polar surface area (TPSA) is 96.4 Å². The maximum atomic E-state index is 11.4. The van der Waals surface area contributed by atoms with Crippen LogP contribution < -0.4 is 9.88 Å². The van der Waals surface area contributed by atoms with Crippen LogP contribution in [0.3, 0.4) is 0 Å². The molecule has 7 nitrogen and oxygen atoms in total. The van der Waals surface area contributed by atoms with Gasteiger partial charge < -0.3 is 9.47 Å². The van der Waals surface area contributed by atoms with Crippen molar-refractivity contribution in [2.45, 2.75) is 31.0 Å². The minimum absolute atomic E-state index is 0.0524. The van der Waals surface area contributed by atoms with Crippen molar-refractivity contribution in [2.24, 2.45) is 5.14 Å². The number of rotatable bonds is 3. The lowest BCUT2D eigenvalue weighted by Crippen LogP contribution is -2.21. The van der Waals surface area contributed by atoms with Crippen LogP contribution in [0.15, 0.2) is 53.4 Å². The Morgan fingerprint density at radius 1 is 1.13 bits per heavy atom. The van der Waals surface area contributed by atoms with Crippen molar-refractivity contribution in [3.8, 4) is 23.3 Å². The van der Waals surface area contributed by atoms with Gasteiger partial charge in [-0.05, 0) is 61.4 Å². The van der Waals surface area contributed by atoms with Gasteiger partial charge in [-0.2, -0.15) is 5.10 Å². The van der Waals surface area contributed by atoms with E-state index in [1.807, 2.05) is 35.9 Å². The van der Waals surface area contributed by atoms with E-state index in [1.54, 1.807) is 19.2 Å². The summed E-state index contributed by atoms with van der Waals surface area (Å²) in [4.78, 5) is 0.0524. The van der Waals surface area contributed by atoms with E-state index in [0.717, 1.165) is 29.1 Å². The quantitative estimate of drug-likeness (QED) is 0.653. The summed E-state index contributed by atoms with van der Waals surface area (Å²) in [6.45, 7) is 2.48. The second-order valence-corrected chi connectivity index (χ2v) is 8.59. The summed E-state index contributed by atoms with van der Waals surface area (Å²) in [6.07, 6.45) is 0.830. The Kier molecular flexibility index (Phi) is 5.35. The average molecular weight is 423 g/mol. The summed E-state index contributed by atoms with van der Waals surface area (Å²) in [6, 6.07) is 13.8. The van der Waals surface area contributed by atoms with Gasteiger partial charge in [0.1, 0.15) is 11.4 Å². The third-order valence-corrected chi connectivity index (χ3v) is 5.84. The van der Waals surface area contributed by atoms with Gasteiger partial charge in [0.25, 0.3) is 0 Å². The maximum absolute atomic E-state index is 11.4. The Balaban J connectivity index is 1.72. The predicted molar refractivity (Wildman–Crippen MR) is 112 cm³/mol. The number of benzene rings is 2. The second kappa shape index (κ2) is 7.95. The molecule has 1 aliphatic rings. The summed E-state index contributed by atoms with van der Waals surface area (Å²) >= 11 is 0. The molecule has 0 radical (unpaired) electrons. The van der Waals surface area contributed by atoms with Crippen molar-refractivity contribution < 1.29 is 17.9 Å². The highest BCUT2D eigenvalue weighted by atomic mass is 32.2. The molecule has 0 saturated carbocycles. The van der Waals surface area contributed by atoms with Crippen molar-refractivity contribution in [1.29, 1.82) is 0 Å². The molecule has 1 atom stereocenters. The van der Waals surface area contributed by atoms with Crippen molar-refractivity contribution in [3.63, 3.8) is 0 Å². The lowest BCUT2D eigenvalue weighted by molar-refractivity contribution is 0.0397. The lowest BCUT2D eigenvalue weighted by atomic mass is 10.1. The van der Waals surface area contributed by atoms with E-state index in [2.05, 4.69) is 11.8 Å². The zero-order valence-corrected chi connectivity index (χ0v) is 17.4. The molecule has 2 N–H and O–H groups in total. The van der Waals surface area contributed by atoms with E-state index < -0.39 is 10.0 Å². The van der Waals surface area contributed by atoms with E-state index in [0.29, 0.717) is 17.9 Å². The van der Waals surface area contributed by atoms with Crippen LogP contribution in [0.5, 0.6) is 5.75 Å². The van der Waals surface area contributed by atoms with Crippen LogP contribution >= 0.6 is 0 Å². The van der Waals surface area contributed by atoms with Crippen LogP contribution in [0.2, 0.25) is 0 Å². The molecule has 0 saturated heterocycles. The number of fused-ring (bicyclic) bond motifs is 1. The summed E-state index contributed by atoms with van der Waals surface area (Å²) < 4.78 is 35.7. The van der Waals surface area contributed by atoms with Gasteiger partial charge in [0, 0.05) is 17.5 Å². The fourth-order valence-electron chi connectivity index (χ4n) is 3.30. The first kappa shape index (κ1) is 20.2. The fraction of sp³-hybridized carbons (Fsp3) is 0.227. The Morgan fingerprint density at radius 3 is 2.47 bits per heavy atom. The zero-order valence-electron chi connectivity index (χ0n) is 16.6. The van der Waals surface area contributed by atoms with E-state index in [-0.39, 0.29) is 11.0 Å². The Labute approximate surface area is 175 Å². The van der Waals surface area contributed by atoms with Crippen LogP contribution in [0.1, 0.15) is 29.4 Å². The monoisotopic (exact) mass is 423 g/mol. The first-order chi connectivity index (χ1) is 14.3. The molecule has 2 aromatic carbocycles. The van der Waals surface area contributed by atoms with Gasteiger partial charge in [0.2, 0.25) is 10.0 Å². The van der Waals surface area contributed by atoms with Crippen molar-refractivity contribution in [1.82, 2.24) is 9.78 Å². The molecular weight excluding hydrogens is 402 g/mol. The van der Waals surface area contributed by atoms with Crippen molar-refractivity contribution in [3.05, 3.63) is 71.0 Å². The molecule has 30 heavy (non-hydrogen) atoms. The normalized spacial score (nSPS) is 15.8. The smallest absolute Gasteiger partial charge is 0.238 e. The standard InChI is InChI=1S/C22H21N3O4S/c1-15-13-22-20(14-29-15)21(24-25(22)17-6-8-18(28-2)9-7-17)12-5-16-3-10-19(11-4-16)30(23,26)27/h3-4,6-11,15H,13-14H2,1-2H3,(H2,23,26,27)/t15-/m0/s1. The van der Waals surface area contributed by atoms with E-state index >= 15 is 0 Å². The van der Waals surface area contributed by atoms with Crippen LogP contribution in [-0.2, 0) is 27.8 Å². The van der Waals surface area contributed by atoms with Gasteiger partial charge in [-0.1, -0.05) is 5.92 Å². The zero-order chi connectivity index (χ0) is 21.3. The number of primary sulfonamides is 1. The number of methoxy groups -OCH3 is 1. The molecule has 0 unspecified atom stereocenters. The van der Waals surface area contributed by atoms with Crippen molar-refractivity contribution >= 4 is 10.0 Å². The molecule has 1 aliphatic heterocycles. The van der Waals surface area contributed by atoms with Gasteiger partial charge in [0.15, 0.2) is 0 Å². The number of sulfonamides is 1. The maximum Gasteiger partial charge on any atom is 0.238 e. The third kappa shape index (κ3) is 4.09. The number of ether oxygens (including phenoxy) is 2. The predicted octanol–water partition coefficient (Wildman–Crippen LogP) is 2.39. The molecule has 154 valence electrons. The Morgan fingerprint density at radius 2 is 1.83 bits per heavy atom. The number of nitrogens with zero attached hydrogens (tertiary/aromatic N) is 2. The van der Waals surface area contributed by atoms with Gasteiger partial charge in [-0.15, -0.1) is 0 Å². The van der Waals surface area contributed by atoms with Crippen molar-refractivity contribution in [2.75, 3.05) is 7.11 Å². The molecule has 0 aliphatic carbocycles. The van der Waals surface area contributed by atoms with Crippen LogP contribution in [0.4, 0.5) is 0 Å². The number of aromatic nitrogens is 2. The van der Waals surface area contributed by atoms with Crippen LogP contribution in [0, 0.1) is 11.8 Å². The van der Waals surface area contributed by atoms with E-state index in [9.17, 15) is 8.42 Å². The average Bonchev–Trinajstić information content (AvgIpc) is 3.09. The fourth-order valence-corrected chi connectivity index (χ4v) is 3.82. The molecule has 0 spiro atoms. The molecule has 1 aromatic heterocycles. The molecule has 0 amide bonds. The van der Waals surface area contributed by atoms with Gasteiger partial charge in [0.05, 0.1) is 36.1 Å². The lowest BCUT2D eigenvalue weighted by Gasteiger charge is -2.20. The third-order valence-electron chi connectivity index (χ3n) is 4.91.